The van der Waals surface area contributed by atoms with Gasteiger partial charge in [0.1, 0.15) is 0 Å². The Balaban J connectivity index is 2.17. The molecule has 20 heavy (non-hydrogen) atoms. The SMILES string of the molecule is Cc1ccc2c(c1)[nH]c(=S)n2-c1ccc(CC#N)cc1. The van der Waals surface area contributed by atoms with E-state index in [1.165, 1.54) is 5.56 Å². The van der Waals surface area contributed by atoms with Crippen LogP contribution in [0.25, 0.3) is 16.7 Å². The van der Waals surface area contributed by atoms with E-state index in [1.54, 1.807) is 0 Å². The van der Waals surface area contributed by atoms with Crippen LogP contribution < -0.4 is 0 Å². The maximum absolute atomic E-state index is 8.71. The first kappa shape index (κ1) is 12.6. The molecule has 0 spiro atoms. The summed E-state index contributed by atoms with van der Waals surface area (Å²) in [5.41, 5.74) is 5.32. The summed E-state index contributed by atoms with van der Waals surface area (Å²) < 4.78 is 2.69. The highest BCUT2D eigenvalue weighted by molar-refractivity contribution is 7.71. The highest BCUT2D eigenvalue weighted by Crippen LogP contribution is 2.21. The Morgan fingerprint density at radius 1 is 1.20 bits per heavy atom. The van der Waals surface area contributed by atoms with Crippen LogP contribution in [-0.2, 0) is 6.42 Å². The average molecular weight is 279 g/mol. The van der Waals surface area contributed by atoms with Crippen LogP contribution >= 0.6 is 12.2 Å². The number of hydrogen-bond donors (Lipinski definition) is 1. The van der Waals surface area contributed by atoms with E-state index in [1.807, 2.05) is 28.8 Å². The van der Waals surface area contributed by atoms with Crippen molar-refractivity contribution in [3.05, 3.63) is 58.4 Å². The normalized spacial score (nSPS) is 10.6. The third kappa shape index (κ3) is 2.13. The van der Waals surface area contributed by atoms with Crippen molar-refractivity contribution in [2.75, 3.05) is 0 Å². The number of H-pyrrole nitrogens is 1. The molecule has 4 heteroatoms. The number of nitrogens with one attached hydrogen (secondary N) is 1. The zero-order valence-corrected chi connectivity index (χ0v) is 11.9. The van der Waals surface area contributed by atoms with Gasteiger partial charge in [-0.25, -0.2) is 0 Å². The summed E-state index contributed by atoms with van der Waals surface area (Å²) in [6, 6.07) is 16.3. The van der Waals surface area contributed by atoms with Crippen molar-refractivity contribution >= 4 is 23.3 Å². The number of nitriles is 1. The van der Waals surface area contributed by atoms with E-state index in [4.69, 9.17) is 17.5 Å². The van der Waals surface area contributed by atoms with E-state index in [9.17, 15) is 0 Å². The number of aryl methyl sites for hydroxylation is 1. The molecule has 2 aromatic carbocycles. The van der Waals surface area contributed by atoms with E-state index in [-0.39, 0.29) is 0 Å². The van der Waals surface area contributed by atoms with Crippen LogP contribution in [0, 0.1) is 23.0 Å². The van der Waals surface area contributed by atoms with Gasteiger partial charge in [-0.1, -0.05) is 18.2 Å². The van der Waals surface area contributed by atoms with E-state index in [2.05, 4.69) is 36.2 Å². The number of rotatable bonds is 2. The summed E-state index contributed by atoms with van der Waals surface area (Å²) in [5.74, 6) is 0. The van der Waals surface area contributed by atoms with Crippen LogP contribution in [0.15, 0.2) is 42.5 Å². The second-order valence-electron chi connectivity index (χ2n) is 4.79. The Labute approximate surface area is 122 Å². The molecule has 0 saturated heterocycles. The monoisotopic (exact) mass is 279 g/mol. The van der Waals surface area contributed by atoms with Crippen LogP contribution in [0.1, 0.15) is 11.1 Å². The van der Waals surface area contributed by atoms with Crippen molar-refractivity contribution in [3.63, 3.8) is 0 Å². The summed E-state index contributed by atoms with van der Waals surface area (Å²) >= 11 is 5.42. The number of imidazole rings is 1. The van der Waals surface area contributed by atoms with Crippen LogP contribution in [0.4, 0.5) is 0 Å². The molecule has 1 N–H and O–H groups in total. The van der Waals surface area contributed by atoms with Crippen LogP contribution in [0.2, 0.25) is 0 Å². The minimum atomic E-state index is 0.429. The smallest absolute Gasteiger partial charge is 0.182 e. The molecule has 0 aliphatic rings. The first-order valence-electron chi connectivity index (χ1n) is 6.37. The number of fused-ring (bicyclic) bond motifs is 1. The lowest BCUT2D eigenvalue weighted by molar-refractivity contribution is 1.06. The van der Waals surface area contributed by atoms with Gasteiger partial charge >= 0.3 is 0 Å². The molecule has 0 fully saturated rings. The molecule has 1 heterocycles. The zero-order valence-electron chi connectivity index (χ0n) is 11.1. The van der Waals surface area contributed by atoms with Gasteiger partial charge in [0.2, 0.25) is 0 Å². The average Bonchev–Trinajstić information content (AvgIpc) is 2.75. The highest BCUT2D eigenvalue weighted by atomic mass is 32.1. The predicted octanol–water partition coefficient (Wildman–Crippen LogP) is 4.06. The van der Waals surface area contributed by atoms with Gasteiger partial charge in [-0.3, -0.25) is 4.57 Å². The molecule has 3 rings (SSSR count). The largest absolute Gasteiger partial charge is 0.330 e. The number of hydrogen-bond acceptors (Lipinski definition) is 2. The molecule has 0 aliphatic carbocycles. The Kier molecular flexibility index (Phi) is 3.13. The van der Waals surface area contributed by atoms with E-state index in [0.717, 1.165) is 22.3 Å². The van der Waals surface area contributed by atoms with Crippen molar-refractivity contribution < 1.29 is 0 Å². The van der Waals surface area contributed by atoms with Crippen LogP contribution in [-0.4, -0.2) is 9.55 Å². The lowest BCUT2D eigenvalue weighted by atomic mass is 10.1. The Bertz CT molecular complexity index is 863. The van der Waals surface area contributed by atoms with Gasteiger partial charge in [-0.05, 0) is 54.5 Å². The molecule has 0 amide bonds. The Morgan fingerprint density at radius 3 is 2.65 bits per heavy atom. The lowest BCUT2D eigenvalue weighted by Gasteiger charge is -2.05. The second kappa shape index (κ2) is 4.95. The van der Waals surface area contributed by atoms with Gasteiger partial charge in [-0.15, -0.1) is 0 Å². The summed E-state index contributed by atoms with van der Waals surface area (Å²) in [7, 11) is 0. The van der Waals surface area contributed by atoms with Gasteiger partial charge < -0.3 is 4.98 Å². The molecule has 0 bridgehead atoms. The molecular weight excluding hydrogens is 266 g/mol. The van der Waals surface area contributed by atoms with Crippen molar-refractivity contribution in [2.24, 2.45) is 0 Å². The predicted molar refractivity (Wildman–Crippen MR) is 82.5 cm³/mol. The van der Waals surface area contributed by atoms with Crippen molar-refractivity contribution in [3.8, 4) is 11.8 Å². The highest BCUT2D eigenvalue weighted by Gasteiger charge is 2.06. The number of aromatic amines is 1. The molecule has 3 nitrogen and oxygen atoms in total. The van der Waals surface area contributed by atoms with E-state index in [0.29, 0.717) is 11.2 Å². The zero-order chi connectivity index (χ0) is 14.1. The van der Waals surface area contributed by atoms with Crippen molar-refractivity contribution in [1.82, 2.24) is 9.55 Å². The summed E-state index contributed by atoms with van der Waals surface area (Å²) in [6.45, 7) is 2.06. The first-order valence-corrected chi connectivity index (χ1v) is 6.77. The molecule has 0 atom stereocenters. The van der Waals surface area contributed by atoms with E-state index >= 15 is 0 Å². The second-order valence-corrected chi connectivity index (χ2v) is 5.17. The van der Waals surface area contributed by atoms with Gasteiger partial charge in [0, 0.05) is 5.69 Å². The molecule has 3 aromatic rings. The Hall–Kier alpha value is -2.38. The van der Waals surface area contributed by atoms with Gasteiger partial charge in [-0.2, -0.15) is 5.26 Å². The number of benzene rings is 2. The molecule has 0 radical (unpaired) electrons. The molecular formula is C16H13N3S. The Morgan fingerprint density at radius 2 is 1.95 bits per heavy atom. The molecule has 1 aromatic heterocycles. The molecule has 98 valence electrons. The number of aromatic nitrogens is 2. The topological polar surface area (TPSA) is 44.5 Å². The van der Waals surface area contributed by atoms with Crippen LogP contribution in [0.3, 0.4) is 0 Å². The fourth-order valence-corrected chi connectivity index (χ4v) is 2.65. The summed E-state index contributed by atoms with van der Waals surface area (Å²) in [5, 5.41) is 8.71. The maximum Gasteiger partial charge on any atom is 0.182 e. The minimum absolute atomic E-state index is 0.429. The minimum Gasteiger partial charge on any atom is -0.330 e. The third-order valence-corrected chi connectivity index (χ3v) is 3.60. The summed E-state index contributed by atoms with van der Waals surface area (Å²) in [4.78, 5) is 3.23. The van der Waals surface area contributed by atoms with Gasteiger partial charge in [0.05, 0.1) is 23.5 Å². The lowest BCUT2D eigenvalue weighted by Crippen LogP contribution is -1.94. The fraction of sp³-hybridized carbons (Fsp3) is 0.125. The summed E-state index contributed by atoms with van der Waals surface area (Å²) in [6.07, 6.45) is 0.429. The molecule has 0 unspecified atom stereocenters. The third-order valence-electron chi connectivity index (χ3n) is 3.32. The standard InChI is InChI=1S/C16H13N3S/c1-11-2-7-15-14(10-11)18-16(20)19(15)13-5-3-12(4-6-13)8-9-17/h2-7,10H,8H2,1H3,(H,18,20). The first-order chi connectivity index (χ1) is 9.69. The molecule has 0 saturated carbocycles. The van der Waals surface area contributed by atoms with Crippen molar-refractivity contribution in [2.45, 2.75) is 13.3 Å². The fourth-order valence-electron chi connectivity index (χ4n) is 2.34. The number of nitrogens with zero attached hydrogens (tertiary/aromatic N) is 2. The van der Waals surface area contributed by atoms with Gasteiger partial charge in [0.15, 0.2) is 4.77 Å². The van der Waals surface area contributed by atoms with Crippen molar-refractivity contribution in [1.29, 1.82) is 5.26 Å². The van der Waals surface area contributed by atoms with E-state index < -0.39 is 0 Å². The quantitative estimate of drug-likeness (QED) is 0.719. The van der Waals surface area contributed by atoms with Crippen LogP contribution in [0.5, 0.6) is 0 Å². The maximum atomic E-state index is 8.71. The molecule has 0 aliphatic heterocycles. The van der Waals surface area contributed by atoms with Gasteiger partial charge in [0.25, 0.3) is 0 Å².